The number of unbranched alkanes of at least 4 members (excludes halogenated alkanes) is 2. The maximum absolute atomic E-state index is 15.0. The summed E-state index contributed by atoms with van der Waals surface area (Å²) in [5, 5.41) is 50.2. The predicted octanol–water partition coefficient (Wildman–Crippen LogP) is -0.322. The SMILES string of the molecule is CCCC[C@H](NC(=O)[C@@H](C)NC(=O)[C@H](CCC(N)=O)NC(=O)CNC(=O)[C@@H]1CCCN1C(=O)[C@H](CCCCN)NC(=O)[C@H](CC(C)C)NC(=O)[C@H](CCC(N)=O)NC(=O)[C@H](CC(C)C)NC(=O)[C@H](Cc1c[nH]c2ccccc12)NC(=O)[C@H](Cc1c[nH]cn1)NC(=O)[C@@H](N)Cc1c[nH]c2ccccc12)C(=O)N[C@@H](Cc1ccc(O)cc1)C(=O)O. The van der Waals surface area contributed by atoms with E-state index in [1.165, 1.54) is 42.4 Å². The van der Waals surface area contributed by atoms with Crippen LogP contribution in [-0.2, 0) is 97.6 Å². The molecular formula is C81H114N20O17. The summed E-state index contributed by atoms with van der Waals surface area (Å²) in [6.45, 7) is 9.69. The third-order valence-corrected chi connectivity index (χ3v) is 20.2. The van der Waals surface area contributed by atoms with Crippen LogP contribution in [0.2, 0.25) is 0 Å². The lowest BCUT2D eigenvalue weighted by Gasteiger charge is -2.31. The van der Waals surface area contributed by atoms with E-state index in [-0.39, 0.29) is 101 Å². The van der Waals surface area contributed by atoms with Crippen LogP contribution in [-0.4, -0.2) is 216 Å². The van der Waals surface area contributed by atoms with Crippen molar-refractivity contribution in [3.05, 3.63) is 120 Å². The van der Waals surface area contributed by atoms with Gasteiger partial charge in [-0.2, -0.15) is 0 Å². The van der Waals surface area contributed by atoms with Gasteiger partial charge < -0.3 is 111 Å². The zero-order chi connectivity index (χ0) is 86.3. The van der Waals surface area contributed by atoms with Gasteiger partial charge in [0, 0.05) is 79.0 Å². The fraction of sp³-hybridized carbons (Fsp3) is 0.506. The van der Waals surface area contributed by atoms with E-state index in [4.69, 9.17) is 22.9 Å². The average Bonchev–Trinajstić information content (AvgIpc) is 1.64. The van der Waals surface area contributed by atoms with E-state index in [9.17, 15) is 77.3 Å². The summed E-state index contributed by atoms with van der Waals surface area (Å²) in [5.41, 5.74) is 27.3. The zero-order valence-electron chi connectivity index (χ0n) is 67.4. The lowest BCUT2D eigenvalue weighted by atomic mass is 9.99. The van der Waals surface area contributed by atoms with E-state index < -0.39 is 181 Å². The van der Waals surface area contributed by atoms with Gasteiger partial charge in [0.05, 0.1) is 24.6 Å². The molecule has 0 bridgehead atoms. The molecule has 0 unspecified atom stereocenters. The van der Waals surface area contributed by atoms with Crippen LogP contribution in [0.15, 0.2) is 97.7 Å². The molecule has 37 nitrogen and oxygen atoms in total. The predicted molar refractivity (Wildman–Crippen MR) is 435 cm³/mol. The number of fused-ring (bicyclic) bond motifs is 2. The van der Waals surface area contributed by atoms with Crippen LogP contribution in [0.1, 0.15) is 154 Å². The van der Waals surface area contributed by atoms with E-state index in [1.54, 1.807) is 52.4 Å². The Kier molecular flexibility index (Phi) is 36.1. The second-order valence-electron chi connectivity index (χ2n) is 30.7. The largest absolute Gasteiger partial charge is 0.508 e. The quantitative estimate of drug-likeness (QED) is 0.0218. The Morgan fingerprint density at radius 2 is 0.992 bits per heavy atom. The van der Waals surface area contributed by atoms with Crippen molar-refractivity contribution in [1.29, 1.82) is 0 Å². The summed E-state index contributed by atoms with van der Waals surface area (Å²) in [7, 11) is 0. The Labute approximate surface area is 682 Å². The maximum atomic E-state index is 15.0. The molecule has 3 aromatic carbocycles. The number of primary amides is 2. The molecule has 14 amide bonds. The Hall–Kier alpha value is -12.3. The number of hydrogen-bond donors (Lipinski definition) is 20. The van der Waals surface area contributed by atoms with Crippen molar-refractivity contribution in [3.8, 4) is 5.75 Å². The third kappa shape index (κ3) is 28.9. The number of hydrogen-bond acceptors (Lipinski definition) is 19. The number of aromatic nitrogens is 4. The molecule has 1 aliphatic rings. The Bertz CT molecular complexity index is 4450. The molecule has 1 aliphatic heterocycles. The van der Waals surface area contributed by atoms with Crippen molar-refractivity contribution in [2.75, 3.05) is 19.6 Å². The van der Waals surface area contributed by atoms with Crippen molar-refractivity contribution >= 4 is 110 Å². The summed E-state index contributed by atoms with van der Waals surface area (Å²) in [6, 6.07) is 4.10. The number of likely N-dealkylation sites (tertiary alicyclic amines) is 1. The number of nitrogens with two attached hydrogens (primary N) is 4. The molecule has 24 N–H and O–H groups in total. The first kappa shape index (κ1) is 92.9. The van der Waals surface area contributed by atoms with Gasteiger partial charge in [-0.3, -0.25) is 67.1 Å². The van der Waals surface area contributed by atoms with Gasteiger partial charge in [-0.25, -0.2) is 9.78 Å². The summed E-state index contributed by atoms with van der Waals surface area (Å²) < 4.78 is 0. The number of nitrogens with one attached hydrogen (secondary N) is 14. The molecule has 3 aromatic heterocycles. The highest BCUT2D eigenvalue weighted by atomic mass is 16.4. The van der Waals surface area contributed by atoms with E-state index >= 15 is 4.79 Å². The number of aromatic hydroxyl groups is 1. The number of carbonyl (C=O) groups is 15. The smallest absolute Gasteiger partial charge is 0.326 e. The molecule has 0 spiro atoms. The fourth-order valence-electron chi connectivity index (χ4n) is 13.8. The molecule has 1 saturated heterocycles. The van der Waals surface area contributed by atoms with E-state index in [2.05, 4.69) is 78.4 Å². The highest BCUT2D eigenvalue weighted by Crippen LogP contribution is 2.24. The van der Waals surface area contributed by atoms with Crippen molar-refractivity contribution in [3.63, 3.8) is 0 Å². The first-order valence-corrected chi connectivity index (χ1v) is 39.9. The zero-order valence-corrected chi connectivity index (χ0v) is 67.4. The second kappa shape index (κ2) is 45.9. The monoisotopic (exact) mass is 1640 g/mol. The fourth-order valence-corrected chi connectivity index (χ4v) is 13.8. The van der Waals surface area contributed by atoms with Crippen molar-refractivity contribution in [2.24, 2.45) is 34.8 Å². The van der Waals surface area contributed by atoms with E-state index in [1.807, 2.05) is 49.4 Å². The van der Waals surface area contributed by atoms with Gasteiger partial charge in [-0.15, -0.1) is 0 Å². The number of imidazole rings is 1. The number of carboxylic acid groups (broad SMARTS) is 1. The van der Waals surface area contributed by atoms with Crippen LogP contribution >= 0.6 is 0 Å². The van der Waals surface area contributed by atoms with Crippen LogP contribution < -0.4 is 81.4 Å². The number of H-pyrrole nitrogens is 3. The van der Waals surface area contributed by atoms with E-state index in [0.29, 0.717) is 48.9 Å². The molecule has 0 saturated carbocycles. The molecule has 1 fully saturated rings. The molecule has 0 radical (unpaired) electrons. The number of phenols is 1. The highest BCUT2D eigenvalue weighted by molar-refractivity contribution is 6.00. The second-order valence-corrected chi connectivity index (χ2v) is 30.7. The lowest BCUT2D eigenvalue weighted by Crippen LogP contribution is -2.61. The van der Waals surface area contributed by atoms with Crippen molar-refractivity contribution in [2.45, 2.75) is 230 Å². The number of aromatic amines is 3. The van der Waals surface area contributed by atoms with Gasteiger partial charge in [0.2, 0.25) is 82.7 Å². The minimum Gasteiger partial charge on any atom is -0.508 e. The third-order valence-electron chi connectivity index (χ3n) is 20.2. The van der Waals surface area contributed by atoms with E-state index in [0.717, 1.165) is 27.4 Å². The topological polar surface area (TPSA) is 596 Å². The Morgan fingerprint density at radius 1 is 0.517 bits per heavy atom. The van der Waals surface area contributed by atoms with Gasteiger partial charge in [0.15, 0.2) is 0 Å². The summed E-state index contributed by atoms with van der Waals surface area (Å²) >= 11 is 0. The molecule has 12 atom stereocenters. The molecule has 6 aromatic rings. The number of nitrogens with zero attached hydrogens (tertiary/aromatic N) is 2. The van der Waals surface area contributed by atoms with Gasteiger partial charge in [0.1, 0.15) is 72.2 Å². The number of carboxylic acids is 1. The number of benzene rings is 3. The van der Waals surface area contributed by atoms with Crippen LogP contribution in [0.3, 0.4) is 0 Å². The molecule has 0 aliphatic carbocycles. The average molecular weight is 1640 g/mol. The molecular weight excluding hydrogens is 1530 g/mol. The minimum absolute atomic E-state index is 0.00793. The number of phenolic OH excluding ortho intramolecular Hbond substituents is 1. The summed E-state index contributed by atoms with van der Waals surface area (Å²) in [4.78, 5) is 223. The number of rotatable bonds is 49. The number of carbonyl (C=O) groups excluding carboxylic acids is 14. The maximum Gasteiger partial charge on any atom is 0.326 e. The van der Waals surface area contributed by atoms with Gasteiger partial charge >= 0.3 is 5.97 Å². The highest BCUT2D eigenvalue weighted by Gasteiger charge is 2.41. The molecule has 640 valence electrons. The van der Waals surface area contributed by atoms with Crippen molar-refractivity contribution < 1.29 is 82.1 Å². The number of amides is 14. The van der Waals surface area contributed by atoms with Crippen molar-refractivity contribution in [1.82, 2.24) is 83.3 Å². The number of para-hydroxylation sites is 2. The summed E-state index contributed by atoms with van der Waals surface area (Å²) in [6.07, 6.45) is 6.65. The molecule has 4 heterocycles. The van der Waals surface area contributed by atoms with Crippen LogP contribution in [0.25, 0.3) is 21.8 Å². The Balaban J connectivity index is 1.01. The van der Waals surface area contributed by atoms with Gasteiger partial charge in [-0.05, 0) is 137 Å². The first-order valence-electron chi connectivity index (χ1n) is 39.9. The number of aliphatic carboxylic acids is 1. The Morgan fingerprint density at radius 3 is 1.53 bits per heavy atom. The minimum atomic E-state index is -1.58. The van der Waals surface area contributed by atoms with Crippen LogP contribution in [0.4, 0.5) is 0 Å². The first-order chi connectivity index (χ1) is 56.2. The summed E-state index contributed by atoms with van der Waals surface area (Å²) in [5.74, 6) is -13.7. The molecule has 37 heteroatoms. The molecule has 7 rings (SSSR count). The molecule has 118 heavy (non-hydrogen) atoms. The lowest BCUT2D eigenvalue weighted by molar-refractivity contribution is -0.142. The standard InChI is InChI=1S/C81H114N20O17/c1-7-8-18-57(73(109)100-65(81(117)118)35-47-23-25-51(102)26-24-47)93-70(106)46(6)91-72(108)58(27-29-67(84)103)92-69(105)42-89-79(115)66-22-15-32-101(66)80(116)60(21-13-14-31-82)95-76(112)62(34-45(4)5)97-74(110)59(28-30-68(85)104)94-75(111)61(33-44(2)3)98-77(113)63(37-49-40-88-56-20-12-10-17-53(49)56)99-78(114)64(38-50-41-86-43-90-50)96-71(107)54(83)36-48-39-87-55-19-11-9-16-52(48)55/h9-12,16-17,19-20,23-26,39-41,43-46,54,57-66,87-88,102H,7-8,13-15,18,21-22,27-38,42,82-83H2,1-6H3,(H2,84,103)(H2,85,104)(H,86,90)(H,89,115)(H,91,108)(H,92,105)(H,93,106)(H,94,111)(H,95,112)(H,96,107)(H,97,110)(H,98,113)(H,99,114)(H,100,109)(H,117,118)/t46-,54+,57+,58+,59+,60+,61+,62+,63+,64+,65+,66+/m1/s1. The van der Waals surface area contributed by atoms with Crippen LogP contribution in [0, 0.1) is 11.8 Å². The normalized spacial score (nSPS) is 15.4. The van der Waals surface area contributed by atoms with Gasteiger partial charge in [0.25, 0.3) is 0 Å². The van der Waals surface area contributed by atoms with Crippen LogP contribution in [0.5, 0.6) is 5.75 Å². The van der Waals surface area contributed by atoms with Gasteiger partial charge in [-0.1, -0.05) is 96.0 Å².